The number of hydrogen-bond acceptors (Lipinski definition) is 2. The van der Waals surface area contributed by atoms with Crippen LogP contribution in [0.5, 0.6) is 0 Å². The van der Waals surface area contributed by atoms with Gasteiger partial charge in [0, 0.05) is 12.4 Å². The molecule has 0 N–H and O–H groups in total. The second-order valence-corrected chi connectivity index (χ2v) is 2.20. The van der Waals surface area contributed by atoms with Gasteiger partial charge in [-0.05, 0) is 6.92 Å². The molecule has 0 aliphatic heterocycles. The largest absolute Gasteiger partial charge is 0.303 e. The van der Waals surface area contributed by atoms with E-state index in [4.69, 9.17) is 0 Å². The van der Waals surface area contributed by atoms with E-state index in [1.165, 1.54) is 0 Å². The third kappa shape index (κ3) is 0.603. The van der Waals surface area contributed by atoms with Crippen molar-refractivity contribution in [3.8, 4) is 0 Å². The molecular formula is C7H7N3. The molecule has 0 fully saturated rings. The summed E-state index contributed by atoms with van der Waals surface area (Å²) in [7, 11) is 0. The Kier molecular flexibility index (Phi) is 0.974. The molecule has 0 aliphatic rings. The molecule has 0 spiro atoms. The van der Waals surface area contributed by atoms with Crippen LogP contribution in [0.4, 0.5) is 0 Å². The summed E-state index contributed by atoms with van der Waals surface area (Å²) in [6.07, 6.45) is 7.22. The van der Waals surface area contributed by atoms with Crippen molar-refractivity contribution in [3.63, 3.8) is 0 Å². The summed E-state index contributed by atoms with van der Waals surface area (Å²) in [5.74, 6) is 0. The van der Waals surface area contributed by atoms with Crippen molar-refractivity contribution in [1.29, 1.82) is 0 Å². The van der Waals surface area contributed by atoms with Gasteiger partial charge in [-0.2, -0.15) is 0 Å². The molecule has 2 aromatic heterocycles. The first kappa shape index (κ1) is 5.41. The topological polar surface area (TPSA) is 30.2 Å². The Hall–Kier alpha value is -1.38. The maximum atomic E-state index is 4.12. The van der Waals surface area contributed by atoms with Gasteiger partial charge in [0.1, 0.15) is 0 Å². The first-order valence-electron chi connectivity index (χ1n) is 3.11. The Morgan fingerprint density at radius 1 is 1.50 bits per heavy atom. The molecule has 3 nitrogen and oxygen atoms in total. The van der Waals surface area contributed by atoms with E-state index in [0.717, 1.165) is 11.2 Å². The van der Waals surface area contributed by atoms with E-state index in [2.05, 4.69) is 9.97 Å². The summed E-state index contributed by atoms with van der Waals surface area (Å²) in [6, 6.07) is 0. The van der Waals surface area contributed by atoms with Crippen molar-refractivity contribution in [2.45, 2.75) is 6.92 Å². The zero-order chi connectivity index (χ0) is 6.97. The molecule has 0 amide bonds. The average Bonchev–Trinajstić information content (AvgIpc) is 2.34. The van der Waals surface area contributed by atoms with Crippen LogP contribution in [0.15, 0.2) is 24.9 Å². The molecule has 0 aliphatic carbocycles. The van der Waals surface area contributed by atoms with Crippen LogP contribution in [-0.4, -0.2) is 14.4 Å². The van der Waals surface area contributed by atoms with E-state index < -0.39 is 0 Å². The summed E-state index contributed by atoms with van der Waals surface area (Å²) in [5.41, 5.74) is 2.09. The predicted molar refractivity (Wildman–Crippen MR) is 37.7 cm³/mol. The predicted octanol–water partition coefficient (Wildman–Crippen LogP) is 1.04. The number of aromatic nitrogens is 3. The highest BCUT2D eigenvalue weighted by atomic mass is 15.0. The van der Waals surface area contributed by atoms with Crippen LogP contribution >= 0.6 is 0 Å². The van der Waals surface area contributed by atoms with Crippen molar-refractivity contribution in [1.82, 2.24) is 14.4 Å². The lowest BCUT2D eigenvalue weighted by atomic mass is 10.4. The second-order valence-electron chi connectivity index (χ2n) is 2.20. The summed E-state index contributed by atoms with van der Waals surface area (Å²) in [4.78, 5) is 8.10. The van der Waals surface area contributed by atoms with E-state index in [9.17, 15) is 0 Å². The van der Waals surface area contributed by atoms with E-state index in [0.29, 0.717) is 0 Å². The van der Waals surface area contributed by atoms with Crippen LogP contribution in [0.1, 0.15) is 5.69 Å². The van der Waals surface area contributed by atoms with Crippen LogP contribution < -0.4 is 0 Å². The van der Waals surface area contributed by atoms with Gasteiger partial charge in [0.05, 0.1) is 23.7 Å². The fraction of sp³-hybridized carbons (Fsp3) is 0.143. The minimum atomic E-state index is 1.02. The highest BCUT2D eigenvalue weighted by molar-refractivity contribution is 5.48. The smallest absolute Gasteiger partial charge is 0.0996 e. The SMILES string of the molecule is Cc1ncn2ccncc12. The summed E-state index contributed by atoms with van der Waals surface area (Å²) in [5, 5.41) is 0. The fourth-order valence-electron chi connectivity index (χ4n) is 0.967. The molecule has 2 rings (SSSR count). The van der Waals surface area contributed by atoms with Crippen molar-refractivity contribution in [3.05, 3.63) is 30.6 Å². The molecule has 0 radical (unpaired) electrons. The minimum absolute atomic E-state index is 1.02. The highest BCUT2D eigenvalue weighted by Gasteiger charge is 1.95. The Morgan fingerprint density at radius 2 is 2.40 bits per heavy atom. The lowest BCUT2D eigenvalue weighted by Crippen LogP contribution is -1.81. The third-order valence-electron chi connectivity index (χ3n) is 1.53. The quantitative estimate of drug-likeness (QED) is 0.537. The summed E-state index contributed by atoms with van der Waals surface area (Å²) in [6.45, 7) is 1.97. The van der Waals surface area contributed by atoms with E-state index >= 15 is 0 Å². The molecule has 0 saturated heterocycles. The van der Waals surface area contributed by atoms with Gasteiger partial charge in [0.15, 0.2) is 0 Å². The van der Waals surface area contributed by atoms with Gasteiger partial charge in [-0.25, -0.2) is 4.98 Å². The molecule has 0 aromatic carbocycles. The fourth-order valence-corrected chi connectivity index (χ4v) is 0.967. The van der Waals surface area contributed by atoms with Crippen LogP contribution in [-0.2, 0) is 0 Å². The van der Waals surface area contributed by atoms with Gasteiger partial charge in [0.2, 0.25) is 0 Å². The number of nitrogens with zero attached hydrogens (tertiary/aromatic N) is 3. The van der Waals surface area contributed by atoms with Crippen LogP contribution in [0.2, 0.25) is 0 Å². The van der Waals surface area contributed by atoms with Gasteiger partial charge in [-0.15, -0.1) is 0 Å². The Morgan fingerprint density at radius 3 is 3.20 bits per heavy atom. The molecule has 50 valence electrons. The molecule has 3 heteroatoms. The van der Waals surface area contributed by atoms with Crippen molar-refractivity contribution in [2.24, 2.45) is 0 Å². The van der Waals surface area contributed by atoms with Gasteiger partial charge < -0.3 is 4.40 Å². The third-order valence-corrected chi connectivity index (χ3v) is 1.53. The highest BCUT2D eigenvalue weighted by Crippen LogP contribution is 2.03. The Labute approximate surface area is 58.4 Å². The second kappa shape index (κ2) is 1.80. The van der Waals surface area contributed by atoms with E-state index in [1.54, 1.807) is 12.5 Å². The van der Waals surface area contributed by atoms with Gasteiger partial charge >= 0.3 is 0 Å². The average molecular weight is 133 g/mol. The number of hydrogen-bond donors (Lipinski definition) is 0. The lowest BCUT2D eigenvalue weighted by Gasteiger charge is -1.88. The molecule has 0 bridgehead atoms. The number of imidazole rings is 1. The normalized spacial score (nSPS) is 10.5. The molecule has 10 heavy (non-hydrogen) atoms. The number of fused-ring (bicyclic) bond motifs is 1. The minimum Gasteiger partial charge on any atom is -0.303 e. The lowest BCUT2D eigenvalue weighted by molar-refractivity contribution is 1.11. The van der Waals surface area contributed by atoms with Crippen LogP contribution in [0.3, 0.4) is 0 Å². The molecule has 0 atom stereocenters. The van der Waals surface area contributed by atoms with Crippen molar-refractivity contribution in [2.75, 3.05) is 0 Å². The van der Waals surface area contributed by atoms with E-state index in [1.807, 2.05) is 23.7 Å². The zero-order valence-corrected chi connectivity index (χ0v) is 5.65. The molecule has 0 saturated carbocycles. The number of rotatable bonds is 0. The first-order chi connectivity index (χ1) is 4.88. The maximum absolute atomic E-state index is 4.12. The Bertz CT molecular complexity index is 350. The molecule has 2 heterocycles. The summed E-state index contributed by atoms with van der Waals surface area (Å²) >= 11 is 0. The number of aryl methyl sites for hydroxylation is 1. The monoisotopic (exact) mass is 133 g/mol. The van der Waals surface area contributed by atoms with Gasteiger partial charge in [-0.3, -0.25) is 4.98 Å². The van der Waals surface area contributed by atoms with Crippen LogP contribution in [0, 0.1) is 6.92 Å². The van der Waals surface area contributed by atoms with Gasteiger partial charge in [0.25, 0.3) is 0 Å². The van der Waals surface area contributed by atoms with Crippen LogP contribution in [0.25, 0.3) is 5.52 Å². The standard InChI is InChI=1S/C7H7N3/c1-6-7-4-8-2-3-10(7)5-9-6/h2-5H,1H3. The Balaban J connectivity index is 2.93. The molecule has 0 unspecified atom stereocenters. The van der Waals surface area contributed by atoms with E-state index in [-0.39, 0.29) is 0 Å². The van der Waals surface area contributed by atoms with Gasteiger partial charge in [-0.1, -0.05) is 0 Å². The zero-order valence-electron chi connectivity index (χ0n) is 5.65. The maximum Gasteiger partial charge on any atom is 0.0996 e. The summed E-state index contributed by atoms with van der Waals surface area (Å²) < 4.78 is 1.95. The molecule has 2 aromatic rings. The molecular weight excluding hydrogens is 126 g/mol. The first-order valence-corrected chi connectivity index (χ1v) is 3.11. The van der Waals surface area contributed by atoms with Crippen molar-refractivity contribution >= 4 is 5.52 Å². The van der Waals surface area contributed by atoms with Crippen molar-refractivity contribution < 1.29 is 0 Å².